The number of ether oxygens (including phenoxy) is 1. The summed E-state index contributed by atoms with van der Waals surface area (Å²) < 4.78 is 5.90. The summed E-state index contributed by atoms with van der Waals surface area (Å²) in [4.78, 5) is 2.34. The predicted octanol–water partition coefficient (Wildman–Crippen LogP) is 3.33. The molecule has 0 amide bonds. The fourth-order valence-corrected chi connectivity index (χ4v) is 3.43. The lowest BCUT2D eigenvalue weighted by Crippen LogP contribution is -2.63. The highest BCUT2D eigenvalue weighted by atomic mass is 16.5. The van der Waals surface area contributed by atoms with E-state index >= 15 is 0 Å². The summed E-state index contributed by atoms with van der Waals surface area (Å²) in [5.41, 5.74) is 1.48. The first-order valence-electron chi connectivity index (χ1n) is 9.22. The molecule has 1 fully saturated rings. The molecular formula is C23H27NO2. The van der Waals surface area contributed by atoms with E-state index in [4.69, 9.17) is 4.74 Å². The Morgan fingerprint density at radius 1 is 1.12 bits per heavy atom. The van der Waals surface area contributed by atoms with E-state index < -0.39 is 5.54 Å². The largest absolute Gasteiger partial charge is 0.393 e. The molecule has 2 aromatic rings. The summed E-state index contributed by atoms with van der Waals surface area (Å²) in [6, 6.07) is 20.5. The molecule has 0 aliphatic carbocycles. The van der Waals surface area contributed by atoms with Crippen LogP contribution in [0.25, 0.3) is 0 Å². The molecule has 1 aliphatic heterocycles. The highest BCUT2D eigenvalue weighted by Gasteiger charge is 2.44. The third-order valence-corrected chi connectivity index (χ3v) is 5.02. The van der Waals surface area contributed by atoms with E-state index in [1.807, 2.05) is 36.4 Å². The van der Waals surface area contributed by atoms with E-state index in [-0.39, 0.29) is 12.6 Å². The third kappa shape index (κ3) is 4.16. The predicted molar refractivity (Wildman–Crippen MR) is 105 cm³/mol. The van der Waals surface area contributed by atoms with Gasteiger partial charge >= 0.3 is 0 Å². The molecule has 1 saturated heterocycles. The molecule has 136 valence electrons. The van der Waals surface area contributed by atoms with Crippen molar-refractivity contribution in [2.75, 3.05) is 19.8 Å². The van der Waals surface area contributed by atoms with E-state index in [1.54, 1.807) is 0 Å². The number of hydrogen-bond donors (Lipinski definition) is 1. The van der Waals surface area contributed by atoms with Gasteiger partial charge in [0.15, 0.2) is 0 Å². The summed E-state index contributed by atoms with van der Waals surface area (Å²) in [7, 11) is 0. The van der Waals surface area contributed by atoms with Gasteiger partial charge in [-0.05, 0) is 23.6 Å². The Labute approximate surface area is 156 Å². The van der Waals surface area contributed by atoms with Gasteiger partial charge in [-0.3, -0.25) is 4.90 Å². The lowest BCUT2D eigenvalue weighted by atomic mass is 9.90. The van der Waals surface area contributed by atoms with Gasteiger partial charge < -0.3 is 9.84 Å². The van der Waals surface area contributed by atoms with Crippen LogP contribution in [0.15, 0.2) is 60.7 Å². The van der Waals surface area contributed by atoms with Gasteiger partial charge in [-0.25, -0.2) is 0 Å². The summed E-state index contributed by atoms with van der Waals surface area (Å²) in [6.45, 7) is 6.17. The lowest BCUT2D eigenvalue weighted by Gasteiger charge is -2.49. The molecule has 2 atom stereocenters. The Kier molecular flexibility index (Phi) is 6.11. The van der Waals surface area contributed by atoms with Crippen LogP contribution >= 0.6 is 0 Å². The number of nitrogens with zero attached hydrogens (tertiary/aromatic N) is 1. The number of rotatable bonds is 4. The van der Waals surface area contributed by atoms with Crippen molar-refractivity contribution in [3.63, 3.8) is 0 Å². The van der Waals surface area contributed by atoms with Gasteiger partial charge in [0.05, 0.1) is 19.8 Å². The summed E-state index contributed by atoms with van der Waals surface area (Å²) in [5, 5.41) is 10.3. The van der Waals surface area contributed by atoms with Crippen LogP contribution < -0.4 is 0 Å². The van der Waals surface area contributed by atoms with Gasteiger partial charge in [-0.2, -0.15) is 0 Å². The van der Waals surface area contributed by atoms with Crippen molar-refractivity contribution in [1.82, 2.24) is 4.90 Å². The first-order valence-corrected chi connectivity index (χ1v) is 9.22. The molecule has 0 aromatic heterocycles. The molecule has 3 rings (SSSR count). The molecule has 0 spiro atoms. The second-order valence-corrected chi connectivity index (χ2v) is 7.25. The molecule has 3 heteroatoms. The molecule has 0 radical (unpaired) electrons. The minimum absolute atomic E-state index is 0.0527. The van der Waals surface area contributed by atoms with E-state index in [2.05, 4.69) is 54.9 Å². The Morgan fingerprint density at radius 3 is 2.38 bits per heavy atom. The number of aliphatic hydroxyl groups excluding tert-OH is 1. The number of hydrogen-bond acceptors (Lipinski definition) is 3. The zero-order valence-electron chi connectivity index (χ0n) is 15.6. The summed E-state index contributed by atoms with van der Waals surface area (Å²) >= 11 is 0. The monoisotopic (exact) mass is 349 g/mol. The highest BCUT2D eigenvalue weighted by Crippen LogP contribution is 2.29. The average molecular weight is 349 g/mol. The Balaban J connectivity index is 1.97. The van der Waals surface area contributed by atoms with E-state index in [0.29, 0.717) is 19.1 Å². The van der Waals surface area contributed by atoms with Crippen molar-refractivity contribution in [1.29, 1.82) is 0 Å². The van der Waals surface area contributed by atoms with Gasteiger partial charge in [0.2, 0.25) is 0 Å². The zero-order chi connectivity index (χ0) is 18.4. The van der Waals surface area contributed by atoms with Crippen molar-refractivity contribution in [2.45, 2.75) is 32.0 Å². The minimum Gasteiger partial charge on any atom is -0.393 e. The molecule has 1 aliphatic rings. The van der Waals surface area contributed by atoms with E-state index in [0.717, 1.165) is 12.1 Å². The highest BCUT2D eigenvalue weighted by molar-refractivity contribution is 5.37. The van der Waals surface area contributed by atoms with Crippen LogP contribution in [0.4, 0.5) is 0 Å². The smallest absolute Gasteiger partial charge is 0.130 e. The number of benzene rings is 2. The molecule has 0 saturated carbocycles. The standard InChI is InChI=1S/C23H27NO2/c1-19(2)22-16-26-18-23(17-25,14-13-20-9-5-3-6-10-20)24(22)15-21-11-7-4-8-12-21/h3-12,19,22,25H,15-18H2,1-2H3/t22-,23-/m1/s1. The Morgan fingerprint density at radius 2 is 1.77 bits per heavy atom. The minimum atomic E-state index is -0.696. The maximum Gasteiger partial charge on any atom is 0.130 e. The van der Waals surface area contributed by atoms with Crippen LogP contribution in [0.1, 0.15) is 25.0 Å². The quantitative estimate of drug-likeness (QED) is 0.860. The van der Waals surface area contributed by atoms with Crippen molar-refractivity contribution >= 4 is 0 Å². The summed E-state index contributed by atoms with van der Waals surface area (Å²) in [5.74, 6) is 7.01. The Hall–Kier alpha value is -2.12. The second kappa shape index (κ2) is 8.51. The SMILES string of the molecule is CC(C)[C@H]1COC[C@@](C#Cc2ccccc2)(CO)N1Cc1ccccc1. The molecule has 26 heavy (non-hydrogen) atoms. The maximum atomic E-state index is 10.3. The van der Waals surface area contributed by atoms with E-state index in [1.165, 1.54) is 5.56 Å². The van der Waals surface area contributed by atoms with Crippen LogP contribution in [0.5, 0.6) is 0 Å². The molecule has 0 bridgehead atoms. The van der Waals surface area contributed by atoms with Crippen LogP contribution in [-0.4, -0.2) is 41.4 Å². The zero-order valence-corrected chi connectivity index (χ0v) is 15.6. The van der Waals surface area contributed by atoms with Crippen LogP contribution in [-0.2, 0) is 11.3 Å². The maximum absolute atomic E-state index is 10.3. The van der Waals surface area contributed by atoms with Crippen molar-refractivity contribution in [3.8, 4) is 11.8 Å². The molecule has 2 aromatic carbocycles. The number of morpholine rings is 1. The van der Waals surface area contributed by atoms with Crippen molar-refractivity contribution in [2.24, 2.45) is 5.92 Å². The average Bonchev–Trinajstić information content (AvgIpc) is 2.68. The normalized spacial score (nSPS) is 23.5. The third-order valence-electron chi connectivity index (χ3n) is 5.02. The van der Waals surface area contributed by atoms with Crippen LogP contribution in [0, 0.1) is 17.8 Å². The first-order chi connectivity index (χ1) is 12.6. The molecule has 3 nitrogen and oxygen atoms in total. The van der Waals surface area contributed by atoms with Gasteiger partial charge in [0, 0.05) is 18.2 Å². The van der Waals surface area contributed by atoms with E-state index in [9.17, 15) is 5.11 Å². The summed E-state index contributed by atoms with van der Waals surface area (Å²) in [6.07, 6.45) is 0. The topological polar surface area (TPSA) is 32.7 Å². The van der Waals surface area contributed by atoms with Crippen molar-refractivity contribution < 1.29 is 9.84 Å². The second-order valence-electron chi connectivity index (χ2n) is 7.25. The van der Waals surface area contributed by atoms with Crippen LogP contribution in [0.2, 0.25) is 0 Å². The van der Waals surface area contributed by atoms with Gasteiger partial charge in [0.25, 0.3) is 0 Å². The molecule has 0 unspecified atom stereocenters. The molecule has 1 heterocycles. The Bertz CT molecular complexity index is 748. The van der Waals surface area contributed by atoms with Gasteiger partial charge in [-0.15, -0.1) is 0 Å². The van der Waals surface area contributed by atoms with Gasteiger partial charge in [0.1, 0.15) is 5.54 Å². The molecular weight excluding hydrogens is 322 g/mol. The van der Waals surface area contributed by atoms with Gasteiger partial charge in [-0.1, -0.05) is 74.2 Å². The lowest BCUT2D eigenvalue weighted by molar-refractivity contribution is -0.113. The fourth-order valence-electron chi connectivity index (χ4n) is 3.43. The molecule has 1 N–H and O–H groups in total. The van der Waals surface area contributed by atoms with Crippen molar-refractivity contribution in [3.05, 3.63) is 71.8 Å². The first kappa shape index (κ1) is 18.7. The van der Waals surface area contributed by atoms with Crippen LogP contribution in [0.3, 0.4) is 0 Å². The number of aliphatic hydroxyl groups is 1. The fraction of sp³-hybridized carbons (Fsp3) is 0.391.